The van der Waals surface area contributed by atoms with E-state index in [4.69, 9.17) is 4.98 Å². The molecular weight excluding hydrogens is 280 g/mol. The Kier molecular flexibility index (Phi) is 3.86. The van der Waals surface area contributed by atoms with Crippen molar-refractivity contribution in [1.82, 2.24) is 19.9 Å². The minimum absolute atomic E-state index is 0.563. The van der Waals surface area contributed by atoms with Gasteiger partial charge in [-0.2, -0.15) is 11.8 Å². The number of pyridine rings is 1. The van der Waals surface area contributed by atoms with Crippen LogP contribution in [0.3, 0.4) is 0 Å². The van der Waals surface area contributed by atoms with Crippen LogP contribution in [-0.4, -0.2) is 38.6 Å². The molecule has 2 aliphatic rings. The molecule has 2 aromatic heterocycles. The van der Waals surface area contributed by atoms with Crippen molar-refractivity contribution < 1.29 is 0 Å². The third-order valence-electron chi connectivity index (χ3n) is 4.63. The number of hydrogen-bond donors (Lipinski definition) is 1. The fourth-order valence-electron chi connectivity index (χ4n) is 3.58. The Hall–Kier alpha value is -1.07. The standard InChI is InChI=1S/C16H22N4S/c1-4-14-16(18-7-1)20(12-5-8-17-9-6-12)15(19-14)11-13-3-2-10-21-13/h1,4,7,12-13,17H,2-3,5-6,8-11H2. The van der Waals surface area contributed by atoms with Crippen LogP contribution in [0.2, 0.25) is 0 Å². The van der Waals surface area contributed by atoms with Gasteiger partial charge in [0.25, 0.3) is 0 Å². The van der Waals surface area contributed by atoms with Crippen LogP contribution < -0.4 is 5.32 Å². The maximum absolute atomic E-state index is 4.92. The monoisotopic (exact) mass is 302 g/mol. The minimum atomic E-state index is 0.563. The van der Waals surface area contributed by atoms with Gasteiger partial charge in [-0.3, -0.25) is 0 Å². The van der Waals surface area contributed by atoms with E-state index in [2.05, 4.69) is 32.7 Å². The van der Waals surface area contributed by atoms with E-state index < -0.39 is 0 Å². The average molecular weight is 302 g/mol. The van der Waals surface area contributed by atoms with Crippen LogP contribution in [0.4, 0.5) is 0 Å². The van der Waals surface area contributed by atoms with Crippen molar-refractivity contribution in [2.24, 2.45) is 0 Å². The van der Waals surface area contributed by atoms with Crippen molar-refractivity contribution in [2.45, 2.75) is 43.4 Å². The van der Waals surface area contributed by atoms with Gasteiger partial charge in [0.1, 0.15) is 11.3 Å². The highest BCUT2D eigenvalue weighted by Gasteiger charge is 2.25. The molecule has 0 radical (unpaired) electrons. The highest BCUT2D eigenvalue weighted by atomic mass is 32.2. The first-order valence-electron chi connectivity index (χ1n) is 8.06. The molecule has 2 saturated heterocycles. The lowest BCUT2D eigenvalue weighted by Crippen LogP contribution is -2.30. The Morgan fingerprint density at radius 1 is 1.29 bits per heavy atom. The molecule has 21 heavy (non-hydrogen) atoms. The molecule has 0 amide bonds. The second kappa shape index (κ2) is 5.97. The summed E-state index contributed by atoms with van der Waals surface area (Å²) in [4.78, 5) is 9.54. The van der Waals surface area contributed by atoms with E-state index in [1.165, 1.54) is 37.3 Å². The van der Waals surface area contributed by atoms with Crippen LogP contribution in [-0.2, 0) is 6.42 Å². The molecule has 5 heteroatoms. The number of nitrogens with zero attached hydrogens (tertiary/aromatic N) is 3. The van der Waals surface area contributed by atoms with E-state index in [-0.39, 0.29) is 0 Å². The maximum Gasteiger partial charge on any atom is 0.160 e. The molecule has 0 spiro atoms. The summed E-state index contributed by atoms with van der Waals surface area (Å²) in [5.41, 5.74) is 2.15. The summed E-state index contributed by atoms with van der Waals surface area (Å²) in [6.07, 6.45) is 8.08. The molecule has 1 atom stereocenters. The quantitative estimate of drug-likeness (QED) is 0.947. The fourth-order valence-corrected chi connectivity index (χ4v) is 4.84. The SMILES string of the molecule is c1cnc2c(c1)nc(CC1CCCS1)n2C1CCNCC1. The highest BCUT2D eigenvalue weighted by Crippen LogP contribution is 2.32. The summed E-state index contributed by atoms with van der Waals surface area (Å²) in [7, 11) is 0. The largest absolute Gasteiger partial charge is 0.317 e. The van der Waals surface area contributed by atoms with Crippen molar-refractivity contribution in [3.63, 3.8) is 0 Å². The molecule has 112 valence electrons. The van der Waals surface area contributed by atoms with Gasteiger partial charge >= 0.3 is 0 Å². The van der Waals surface area contributed by atoms with E-state index in [0.29, 0.717) is 6.04 Å². The number of imidazole rings is 1. The first kappa shape index (κ1) is 13.6. The molecule has 1 N–H and O–H groups in total. The van der Waals surface area contributed by atoms with E-state index in [1.54, 1.807) is 0 Å². The Balaban J connectivity index is 1.72. The molecule has 0 aliphatic carbocycles. The molecular formula is C16H22N4S. The third kappa shape index (κ3) is 2.69. The Bertz CT molecular complexity index is 612. The summed E-state index contributed by atoms with van der Waals surface area (Å²) < 4.78 is 2.45. The average Bonchev–Trinajstić information content (AvgIpc) is 3.15. The van der Waals surface area contributed by atoms with Crippen LogP contribution >= 0.6 is 11.8 Å². The van der Waals surface area contributed by atoms with Crippen LogP contribution in [0.15, 0.2) is 18.3 Å². The molecule has 4 rings (SSSR count). The summed E-state index contributed by atoms with van der Waals surface area (Å²) in [6.45, 7) is 2.21. The number of rotatable bonds is 3. The minimum Gasteiger partial charge on any atom is -0.317 e. The Labute approximate surface area is 129 Å². The summed E-state index contributed by atoms with van der Waals surface area (Å²) in [5, 5.41) is 4.21. The summed E-state index contributed by atoms with van der Waals surface area (Å²) in [6, 6.07) is 4.66. The highest BCUT2D eigenvalue weighted by molar-refractivity contribution is 8.00. The Morgan fingerprint density at radius 2 is 2.19 bits per heavy atom. The van der Waals surface area contributed by atoms with Gasteiger partial charge in [-0.25, -0.2) is 9.97 Å². The number of nitrogens with one attached hydrogen (secondary N) is 1. The van der Waals surface area contributed by atoms with Crippen molar-refractivity contribution >= 4 is 22.9 Å². The molecule has 1 unspecified atom stereocenters. The van der Waals surface area contributed by atoms with Gasteiger partial charge in [-0.05, 0) is 56.7 Å². The van der Waals surface area contributed by atoms with Gasteiger partial charge in [0.05, 0.1) is 0 Å². The van der Waals surface area contributed by atoms with E-state index in [0.717, 1.165) is 35.9 Å². The zero-order chi connectivity index (χ0) is 14.1. The molecule has 0 bridgehead atoms. The van der Waals surface area contributed by atoms with E-state index in [9.17, 15) is 0 Å². The predicted molar refractivity (Wildman–Crippen MR) is 87.9 cm³/mol. The van der Waals surface area contributed by atoms with Gasteiger partial charge < -0.3 is 9.88 Å². The Morgan fingerprint density at radius 3 is 3.00 bits per heavy atom. The first-order valence-corrected chi connectivity index (χ1v) is 9.11. The molecule has 4 heterocycles. The van der Waals surface area contributed by atoms with Gasteiger partial charge in [0.2, 0.25) is 0 Å². The number of aromatic nitrogens is 3. The van der Waals surface area contributed by atoms with Crippen LogP contribution in [0, 0.1) is 0 Å². The predicted octanol–water partition coefficient (Wildman–Crippen LogP) is 2.79. The molecule has 2 aliphatic heterocycles. The van der Waals surface area contributed by atoms with Crippen molar-refractivity contribution in [3.05, 3.63) is 24.2 Å². The van der Waals surface area contributed by atoms with Gasteiger partial charge in [0.15, 0.2) is 5.65 Å². The van der Waals surface area contributed by atoms with Crippen molar-refractivity contribution in [2.75, 3.05) is 18.8 Å². The van der Waals surface area contributed by atoms with Crippen LogP contribution in [0.5, 0.6) is 0 Å². The third-order valence-corrected chi connectivity index (χ3v) is 6.03. The number of hydrogen-bond acceptors (Lipinski definition) is 4. The molecule has 2 fully saturated rings. The molecule has 4 nitrogen and oxygen atoms in total. The normalized spacial score (nSPS) is 23.9. The summed E-state index contributed by atoms with van der Waals surface area (Å²) >= 11 is 2.12. The van der Waals surface area contributed by atoms with E-state index >= 15 is 0 Å². The first-order chi connectivity index (χ1) is 10.4. The van der Waals surface area contributed by atoms with E-state index in [1.807, 2.05) is 12.3 Å². The van der Waals surface area contributed by atoms with Gasteiger partial charge in [0, 0.05) is 23.9 Å². The lowest BCUT2D eigenvalue weighted by Gasteiger charge is -2.26. The maximum atomic E-state index is 4.92. The molecule has 0 saturated carbocycles. The zero-order valence-corrected chi connectivity index (χ0v) is 13.1. The van der Waals surface area contributed by atoms with Crippen molar-refractivity contribution in [3.8, 4) is 0 Å². The smallest absolute Gasteiger partial charge is 0.160 e. The molecule has 0 aromatic carbocycles. The number of piperidine rings is 1. The van der Waals surface area contributed by atoms with Gasteiger partial charge in [-0.15, -0.1) is 0 Å². The van der Waals surface area contributed by atoms with Crippen molar-refractivity contribution in [1.29, 1.82) is 0 Å². The van der Waals surface area contributed by atoms with Crippen LogP contribution in [0.25, 0.3) is 11.2 Å². The second-order valence-electron chi connectivity index (χ2n) is 6.06. The number of thioether (sulfide) groups is 1. The number of fused-ring (bicyclic) bond motifs is 1. The zero-order valence-electron chi connectivity index (χ0n) is 12.3. The summed E-state index contributed by atoms with van der Waals surface area (Å²) in [5.74, 6) is 2.58. The topological polar surface area (TPSA) is 42.7 Å². The fraction of sp³-hybridized carbons (Fsp3) is 0.625. The molecule has 2 aromatic rings. The van der Waals surface area contributed by atoms with Gasteiger partial charge in [-0.1, -0.05) is 0 Å². The lowest BCUT2D eigenvalue weighted by atomic mass is 10.1. The van der Waals surface area contributed by atoms with Crippen LogP contribution in [0.1, 0.15) is 37.5 Å². The second-order valence-corrected chi connectivity index (χ2v) is 7.47. The lowest BCUT2D eigenvalue weighted by molar-refractivity contribution is 0.365.